The molecule has 0 unspecified atom stereocenters. The van der Waals surface area contributed by atoms with Crippen molar-refractivity contribution in [2.24, 2.45) is 0 Å². The number of aromatic nitrogens is 4. The molecule has 5 rings (SSSR count). The van der Waals surface area contributed by atoms with Crippen molar-refractivity contribution in [3.05, 3.63) is 66.5 Å². The number of hydrogen-bond acceptors (Lipinski definition) is 7. The van der Waals surface area contributed by atoms with E-state index in [0.29, 0.717) is 23.3 Å². The number of rotatable bonds is 10. The average Bonchev–Trinajstić information content (AvgIpc) is 3.30. The molecule has 1 atom stereocenters. The fraction of sp³-hybridized carbons (Fsp3) is 0.357. The molecule has 1 N–H and O–H groups in total. The van der Waals surface area contributed by atoms with Crippen LogP contribution >= 0.6 is 0 Å². The molecule has 0 bridgehead atoms. The van der Waals surface area contributed by atoms with Gasteiger partial charge in [0, 0.05) is 50.0 Å². The van der Waals surface area contributed by atoms with Crippen molar-refractivity contribution in [2.75, 3.05) is 31.6 Å². The van der Waals surface area contributed by atoms with E-state index >= 15 is 0 Å². The Morgan fingerprint density at radius 1 is 1.14 bits per heavy atom. The second-order valence-electron chi connectivity index (χ2n) is 9.29. The summed E-state index contributed by atoms with van der Waals surface area (Å²) in [6, 6.07) is 16.1. The first kappa shape index (κ1) is 24.1. The van der Waals surface area contributed by atoms with Gasteiger partial charge in [0.05, 0.1) is 29.3 Å². The van der Waals surface area contributed by atoms with Crippen LogP contribution in [0.5, 0.6) is 0 Å². The molecule has 36 heavy (non-hydrogen) atoms. The summed E-state index contributed by atoms with van der Waals surface area (Å²) < 4.78 is 7.20. The number of carbonyl (C=O) groups is 1. The second kappa shape index (κ2) is 10.6. The fourth-order valence-electron chi connectivity index (χ4n) is 4.51. The Labute approximate surface area is 211 Å². The van der Waals surface area contributed by atoms with Gasteiger partial charge in [0.1, 0.15) is 5.82 Å². The summed E-state index contributed by atoms with van der Waals surface area (Å²) in [4.78, 5) is 25.2. The number of nitrogens with zero attached hydrogens (tertiary/aromatic N) is 5. The number of carbonyl (C=O) groups excluding carboxylic acids is 1. The highest BCUT2D eigenvalue weighted by Gasteiger charge is 2.29. The van der Waals surface area contributed by atoms with Crippen LogP contribution in [0.4, 0.5) is 5.82 Å². The lowest BCUT2D eigenvalue weighted by Crippen LogP contribution is -2.52. The summed E-state index contributed by atoms with van der Waals surface area (Å²) in [5, 5.41) is 7.88. The SMILES string of the molecule is CCN[C@@H](C)CCC(=O)c1cc(-c2cnn3ccc(-c4ccccc4)nc23)nc(N2CC(OC)C2)c1. The van der Waals surface area contributed by atoms with Crippen LogP contribution < -0.4 is 10.2 Å². The van der Waals surface area contributed by atoms with Crippen LogP contribution in [0.3, 0.4) is 0 Å². The zero-order chi connectivity index (χ0) is 25.1. The molecule has 4 aromatic rings. The van der Waals surface area contributed by atoms with Crippen LogP contribution in [0.2, 0.25) is 0 Å². The molecule has 3 aromatic heterocycles. The molecule has 1 saturated heterocycles. The first-order chi connectivity index (χ1) is 17.6. The number of pyridine rings is 1. The standard InChI is InChI=1S/C28H32N6O2/c1-4-29-19(2)10-11-26(35)21-14-25(31-27(15-21)33-17-22(18-33)36-3)23-16-30-34-13-12-24(32-28(23)34)20-8-6-5-7-9-20/h5-9,12-16,19,22,29H,4,10-11,17-18H2,1-3H3/t19-/m0/s1. The Morgan fingerprint density at radius 2 is 1.94 bits per heavy atom. The van der Waals surface area contributed by atoms with Crippen molar-refractivity contribution >= 4 is 17.2 Å². The molecule has 1 aliphatic rings. The average molecular weight is 485 g/mol. The Bertz CT molecular complexity index is 1350. The molecule has 1 aromatic carbocycles. The predicted molar refractivity (Wildman–Crippen MR) is 141 cm³/mol. The van der Waals surface area contributed by atoms with Crippen LogP contribution in [-0.2, 0) is 4.74 Å². The number of methoxy groups -OCH3 is 1. The Kier molecular flexibility index (Phi) is 7.06. The van der Waals surface area contributed by atoms with Gasteiger partial charge in [-0.05, 0) is 38.1 Å². The van der Waals surface area contributed by atoms with E-state index in [0.717, 1.165) is 48.7 Å². The highest BCUT2D eigenvalue weighted by molar-refractivity contribution is 5.98. The first-order valence-corrected chi connectivity index (χ1v) is 12.5. The van der Waals surface area contributed by atoms with Gasteiger partial charge in [0.15, 0.2) is 11.4 Å². The molecule has 0 saturated carbocycles. The lowest BCUT2D eigenvalue weighted by molar-refractivity contribution is 0.0783. The van der Waals surface area contributed by atoms with Crippen molar-refractivity contribution in [3.8, 4) is 22.5 Å². The number of ether oxygens (including phenoxy) is 1. The van der Waals surface area contributed by atoms with Crippen LogP contribution in [-0.4, -0.2) is 64.3 Å². The van der Waals surface area contributed by atoms with Gasteiger partial charge >= 0.3 is 0 Å². The second-order valence-corrected chi connectivity index (χ2v) is 9.29. The van der Waals surface area contributed by atoms with Crippen molar-refractivity contribution in [3.63, 3.8) is 0 Å². The van der Waals surface area contributed by atoms with Gasteiger partial charge in [-0.1, -0.05) is 37.3 Å². The smallest absolute Gasteiger partial charge is 0.164 e. The quantitative estimate of drug-likeness (QED) is 0.337. The Balaban J connectivity index is 1.52. The van der Waals surface area contributed by atoms with Crippen molar-refractivity contribution < 1.29 is 9.53 Å². The van der Waals surface area contributed by atoms with Crippen molar-refractivity contribution in [2.45, 2.75) is 38.8 Å². The van der Waals surface area contributed by atoms with Gasteiger partial charge in [-0.2, -0.15) is 5.10 Å². The van der Waals surface area contributed by atoms with Crippen molar-refractivity contribution in [1.29, 1.82) is 0 Å². The van der Waals surface area contributed by atoms with Crippen LogP contribution in [0, 0.1) is 0 Å². The van der Waals surface area contributed by atoms with Crippen molar-refractivity contribution in [1.82, 2.24) is 24.9 Å². The van der Waals surface area contributed by atoms with E-state index < -0.39 is 0 Å². The number of Topliss-reactive ketones (excluding diaryl/α,β-unsaturated/α-hetero) is 1. The molecule has 0 amide bonds. The molecular formula is C28H32N6O2. The van der Waals surface area contributed by atoms with E-state index in [2.05, 4.69) is 29.2 Å². The summed E-state index contributed by atoms with van der Waals surface area (Å²) in [6.45, 7) is 6.58. The molecule has 4 heterocycles. The van der Waals surface area contributed by atoms with E-state index in [1.165, 1.54) is 0 Å². The monoisotopic (exact) mass is 484 g/mol. The molecular weight excluding hydrogens is 452 g/mol. The zero-order valence-corrected chi connectivity index (χ0v) is 21.0. The topological polar surface area (TPSA) is 84.7 Å². The fourth-order valence-corrected chi connectivity index (χ4v) is 4.51. The van der Waals surface area contributed by atoms with Gasteiger partial charge in [-0.3, -0.25) is 4.79 Å². The number of ketones is 1. The summed E-state index contributed by atoms with van der Waals surface area (Å²) in [6.07, 6.45) is 5.13. The molecule has 0 aliphatic carbocycles. The summed E-state index contributed by atoms with van der Waals surface area (Å²) in [5.74, 6) is 0.894. The van der Waals surface area contributed by atoms with Gasteiger partial charge in [-0.25, -0.2) is 14.5 Å². The van der Waals surface area contributed by atoms with E-state index in [9.17, 15) is 4.79 Å². The third-order valence-electron chi connectivity index (χ3n) is 6.71. The van der Waals surface area contributed by atoms with Crippen LogP contribution in [0.1, 0.15) is 37.0 Å². The maximum Gasteiger partial charge on any atom is 0.164 e. The van der Waals surface area contributed by atoms with E-state index in [-0.39, 0.29) is 17.9 Å². The molecule has 0 radical (unpaired) electrons. The van der Waals surface area contributed by atoms with Gasteiger partial charge in [0.2, 0.25) is 0 Å². The lowest BCUT2D eigenvalue weighted by atomic mass is 10.0. The number of anilines is 1. The number of hydrogen-bond donors (Lipinski definition) is 1. The molecule has 1 aliphatic heterocycles. The minimum absolute atomic E-state index is 0.114. The minimum atomic E-state index is 0.114. The molecule has 0 spiro atoms. The van der Waals surface area contributed by atoms with Gasteiger partial charge in [-0.15, -0.1) is 0 Å². The Morgan fingerprint density at radius 3 is 2.69 bits per heavy atom. The number of fused-ring (bicyclic) bond motifs is 1. The largest absolute Gasteiger partial charge is 0.378 e. The number of nitrogens with one attached hydrogen (secondary N) is 1. The predicted octanol–water partition coefficient (Wildman–Crippen LogP) is 4.25. The van der Waals surface area contributed by atoms with E-state index in [1.807, 2.05) is 54.7 Å². The zero-order valence-electron chi connectivity index (χ0n) is 21.0. The number of benzene rings is 1. The highest BCUT2D eigenvalue weighted by atomic mass is 16.5. The summed E-state index contributed by atoms with van der Waals surface area (Å²) in [7, 11) is 1.72. The maximum atomic E-state index is 13.2. The Hall–Kier alpha value is -3.62. The highest BCUT2D eigenvalue weighted by Crippen LogP contribution is 2.30. The minimum Gasteiger partial charge on any atom is -0.378 e. The molecule has 8 heteroatoms. The normalized spacial score (nSPS) is 14.7. The molecule has 186 valence electrons. The van der Waals surface area contributed by atoms with Gasteiger partial charge < -0.3 is 15.0 Å². The first-order valence-electron chi connectivity index (χ1n) is 12.5. The third-order valence-corrected chi connectivity index (χ3v) is 6.71. The maximum absolute atomic E-state index is 13.2. The molecule has 1 fully saturated rings. The third kappa shape index (κ3) is 5.01. The van der Waals surface area contributed by atoms with Crippen LogP contribution in [0.25, 0.3) is 28.2 Å². The summed E-state index contributed by atoms with van der Waals surface area (Å²) >= 11 is 0. The molecule has 8 nitrogen and oxygen atoms in total. The lowest BCUT2D eigenvalue weighted by Gasteiger charge is -2.39. The van der Waals surface area contributed by atoms with E-state index in [1.54, 1.807) is 17.8 Å². The van der Waals surface area contributed by atoms with Gasteiger partial charge in [0.25, 0.3) is 0 Å². The van der Waals surface area contributed by atoms with Crippen LogP contribution in [0.15, 0.2) is 60.9 Å². The van der Waals surface area contributed by atoms with E-state index in [4.69, 9.17) is 14.7 Å². The summed E-state index contributed by atoms with van der Waals surface area (Å²) in [5.41, 5.74) is 4.76.